The van der Waals surface area contributed by atoms with E-state index in [2.05, 4.69) is 22.6 Å². The monoisotopic (exact) mass is 498 g/mol. The second kappa shape index (κ2) is 9.47. The molecule has 0 aromatic carbocycles. The van der Waals surface area contributed by atoms with Gasteiger partial charge in [-0.1, -0.05) is 0 Å². The summed E-state index contributed by atoms with van der Waals surface area (Å²) in [4.78, 5) is 0. The third kappa shape index (κ3) is 12.4. The molecule has 29 heavy (non-hydrogen) atoms. The highest BCUT2D eigenvalue weighted by molar-refractivity contribution is 7.87. The lowest BCUT2D eigenvalue weighted by Crippen LogP contribution is -2.44. The van der Waals surface area contributed by atoms with Crippen molar-refractivity contribution in [2.24, 2.45) is 0 Å². The van der Waals surface area contributed by atoms with Crippen LogP contribution in [0.1, 0.15) is 0 Å². The number of halogens is 9. The van der Waals surface area contributed by atoms with E-state index in [1.165, 1.54) is 0 Å². The first kappa shape index (κ1) is 28.1. The zero-order chi connectivity index (χ0) is 23.4. The fourth-order valence-corrected chi connectivity index (χ4v) is 1.87. The molecule has 0 aromatic rings. The van der Waals surface area contributed by atoms with Crippen LogP contribution in [0.15, 0.2) is 0 Å². The first-order valence-corrected chi connectivity index (χ1v) is 9.72. The minimum atomic E-state index is -6.62. The Bertz CT molecular complexity index is 733. The quantitative estimate of drug-likeness (QED) is 0.123. The van der Waals surface area contributed by atoms with Gasteiger partial charge in [0.1, 0.15) is 6.61 Å². The largest absolute Gasteiger partial charge is 0.523 e. The Balaban J connectivity index is 4.70. The number of hydrogen-bond acceptors (Lipinski definition) is 9. The number of alkyl halides is 9. The van der Waals surface area contributed by atoms with E-state index >= 15 is 0 Å². The third-order valence-corrected chi connectivity index (χ3v) is 3.59. The molecule has 20 heteroatoms. The molecule has 0 rings (SSSR count). The fraction of sp³-hybridized carbons (Fsp3) is 1.00. The second-order valence-electron chi connectivity index (χ2n) is 4.68. The summed E-state index contributed by atoms with van der Waals surface area (Å²) >= 11 is 0. The molecule has 9 nitrogen and oxygen atoms in total. The van der Waals surface area contributed by atoms with E-state index in [4.69, 9.17) is 0 Å². The van der Waals surface area contributed by atoms with E-state index in [1.54, 1.807) is 0 Å². The zero-order valence-corrected chi connectivity index (χ0v) is 15.4. The van der Waals surface area contributed by atoms with E-state index in [0.29, 0.717) is 6.26 Å². The summed E-state index contributed by atoms with van der Waals surface area (Å²) in [5.41, 5.74) is -6.17. The molecule has 0 saturated heterocycles. The van der Waals surface area contributed by atoms with Crippen LogP contribution in [0.2, 0.25) is 0 Å². The van der Waals surface area contributed by atoms with Crippen molar-refractivity contribution in [1.29, 1.82) is 0 Å². The van der Waals surface area contributed by atoms with Crippen molar-refractivity contribution < 1.29 is 78.9 Å². The first-order chi connectivity index (χ1) is 12.6. The predicted octanol–water partition coefficient (Wildman–Crippen LogP) is 1.61. The maximum Gasteiger partial charge on any atom is 0.523 e. The average Bonchev–Trinajstić information content (AvgIpc) is 2.39. The Labute approximate surface area is 156 Å². The summed E-state index contributed by atoms with van der Waals surface area (Å²) in [6, 6.07) is 0. The smallest absolute Gasteiger partial charge is 0.370 e. The van der Waals surface area contributed by atoms with Gasteiger partial charge < -0.3 is 4.74 Å². The molecule has 0 bridgehead atoms. The molecule has 0 atom stereocenters. The zero-order valence-electron chi connectivity index (χ0n) is 13.7. The normalized spacial score (nSPS) is 15.0. The summed E-state index contributed by atoms with van der Waals surface area (Å²) in [6.45, 7) is -6.69. The SMILES string of the molecule is CS(=O)(=O)OCCOCC(F)(F)OC(F)(F)OC(F)(F)COS(=O)(=O)C(F)(F)F. The summed E-state index contributed by atoms with van der Waals surface area (Å²) < 4.78 is 172. The Hall–Kier alpha value is -0.930. The molecule has 0 aliphatic carbocycles. The van der Waals surface area contributed by atoms with E-state index < -0.39 is 70.7 Å². The molecule has 0 aliphatic heterocycles. The van der Waals surface area contributed by atoms with Crippen LogP contribution < -0.4 is 0 Å². The van der Waals surface area contributed by atoms with Crippen LogP contribution in [0.4, 0.5) is 39.5 Å². The number of ether oxygens (including phenoxy) is 3. The van der Waals surface area contributed by atoms with E-state index in [1.807, 2.05) is 0 Å². The molecule has 0 fully saturated rings. The predicted molar refractivity (Wildman–Crippen MR) is 69.6 cm³/mol. The van der Waals surface area contributed by atoms with Crippen LogP contribution in [-0.2, 0) is 42.8 Å². The maximum absolute atomic E-state index is 13.1. The maximum atomic E-state index is 13.1. The van der Waals surface area contributed by atoms with Gasteiger partial charge in [-0.05, 0) is 0 Å². The Kier molecular flexibility index (Phi) is 9.17. The molecule has 176 valence electrons. The van der Waals surface area contributed by atoms with Gasteiger partial charge >= 0.3 is 34.1 Å². The summed E-state index contributed by atoms with van der Waals surface area (Å²) in [5, 5.41) is 0. The van der Waals surface area contributed by atoms with Crippen LogP contribution in [0.5, 0.6) is 0 Å². The molecule has 0 radical (unpaired) electrons. The minimum Gasteiger partial charge on any atom is -0.370 e. The van der Waals surface area contributed by atoms with Gasteiger partial charge in [0.25, 0.3) is 10.1 Å². The van der Waals surface area contributed by atoms with Crippen molar-refractivity contribution in [3.05, 3.63) is 0 Å². The molecule has 0 amide bonds. The average molecular weight is 498 g/mol. The summed E-state index contributed by atoms with van der Waals surface area (Å²) in [7, 11) is -10.6. The Morgan fingerprint density at radius 2 is 1.14 bits per heavy atom. The van der Waals surface area contributed by atoms with Crippen LogP contribution in [-0.4, -0.2) is 73.5 Å². The molecule has 0 aliphatic rings. The van der Waals surface area contributed by atoms with Crippen LogP contribution >= 0.6 is 0 Å². The molecule has 0 aromatic heterocycles. The third-order valence-electron chi connectivity index (χ3n) is 2.00. The molecule has 0 spiro atoms. The summed E-state index contributed by atoms with van der Waals surface area (Å²) in [5.74, 6) is 0. The van der Waals surface area contributed by atoms with Crippen molar-refractivity contribution in [3.8, 4) is 0 Å². The minimum absolute atomic E-state index is 0.590. The molecule has 0 N–H and O–H groups in total. The van der Waals surface area contributed by atoms with Crippen molar-refractivity contribution in [2.45, 2.75) is 24.0 Å². The fourth-order valence-electron chi connectivity index (χ4n) is 1.08. The van der Waals surface area contributed by atoms with Crippen molar-refractivity contribution in [1.82, 2.24) is 0 Å². The highest BCUT2D eigenvalue weighted by Gasteiger charge is 2.54. The number of rotatable bonds is 13. The van der Waals surface area contributed by atoms with Gasteiger partial charge in [0, 0.05) is 0 Å². The van der Waals surface area contributed by atoms with E-state index in [-0.39, 0.29) is 0 Å². The lowest BCUT2D eigenvalue weighted by molar-refractivity contribution is -0.517. The highest BCUT2D eigenvalue weighted by atomic mass is 32.2. The van der Waals surface area contributed by atoms with E-state index in [0.717, 1.165) is 0 Å². The Morgan fingerprint density at radius 1 is 0.690 bits per heavy atom. The van der Waals surface area contributed by atoms with Gasteiger partial charge in [-0.25, -0.2) is 9.47 Å². The van der Waals surface area contributed by atoms with Gasteiger partial charge in [-0.3, -0.25) is 8.37 Å². The van der Waals surface area contributed by atoms with E-state index in [9.17, 15) is 56.3 Å². The summed E-state index contributed by atoms with van der Waals surface area (Å²) in [6.07, 6.45) is -15.8. The number of hydrogen-bond donors (Lipinski definition) is 0. The molecule has 0 unspecified atom stereocenters. The molecule has 0 saturated carbocycles. The molecular formula is C9H11F9O9S2. The van der Waals surface area contributed by atoms with Crippen LogP contribution in [0, 0.1) is 0 Å². The molecular weight excluding hydrogens is 487 g/mol. The highest BCUT2D eigenvalue weighted by Crippen LogP contribution is 2.34. The second-order valence-corrected chi connectivity index (χ2v) is 7.93. The van der Waals surface area contributed by atoms with Gasteiger partial charge in [-0.2, -0.15) is 47.6 Å². The standard InChI is InChI=1S/C9H11F9O9S2/c1-28(19,20)24-3-2-23-4-6(10,11)26-9(17,18)27-7(12,13)5-25-29(21,22)8(14,15)16/h2-5H2,1H3. The molecule has 0 heterocycles. The topological polar surface area (TPSA) is 114 Å². The van der Waals surface area contributed by atoms with Crippen molar-refractivity contribution in [3.63, 3.8) is 0 Å². The van der Waals surface area contributed by atoms with Gasteiger partial charge in [-0.15, -0.1) is 8.78 Å². The van der Waals surface area contributed by atoms with Gasteiger partial charge in [0.15, 0.2) is 6.61 Å². The van der Waals surface area contributed by atoms with Crippen molar-refractivity contribution >= 4 is 20.2 Å². The lowest BCUT2D eigenvalue weighted by atomic mass is 10.6. The van der Waals surface area contributed by atoms with Crippen LogP contribution in [0.25, 0.3) is 0 Å². The van der Waals surface area contributed by atoms with Crippen LogP contribution in [0.3, 0.4) is 0 Å². The Morgan fingerprint density at radius 3 is 1.55 bits per heavy atom. The van der Waals surface area contributed by atoms with Gasteiger partial charge in [0.05, 0.1) is 19.5 Å². The van der Waals surface area contributed by atoms with Crippen molar-refractivity contribution in [2.75, 3.05) is 32.7 Å². The first-order valence-electron chi connectivity index (χ1n) is 6.49. The van der Waals surface area contributed by atoms with Gasteiger partial charge in [0.2, 0.25) is 0 Å². The lowest BCUT2D eigenvalue weighted by Gasteiger charge is -2.26.